The van der Waals surface area contributed by atoms with Crippen LogP contribution in [0.1, 0.15) is 10.7 Å². The standard InChI is InChI=1S/C23H21ClN12O5S3/c24-17-13(31-23(27)44-17)14(32-41)18(37)30-15-19(38)36-16(21(39)40)9(7-43-20(15)36)5-34-2-1-12-33(3-4-35(12)34)6-11-28-10(8-42-11)29-22(25)26/h1-4,8,15,20H,5-7H2,(H8-,25,26,27,29,30,31,37,39,40,41)/t15-,20-/m1/s1. The van der Waals surface area contributed by atoms with Crippen LogP contribution in [-0.4, -0.2) is 75.9 Å². The minimum atomic E-state index is -1.52. The van der Waals surface area contributed by atoms with Crippen LogP contribution in [0.15, 0.2) is 51.5 Å². The highest BCUT2D eigenvalue weighted by atomic mass is 35.5. The van der Waals surface area contributed by atoms with Gasteiger partial charge in [-0.05, 0) is 5.57 Å². The molecule has 44 heavy (non-hydrogen) atoms. The summed E-state index contributed by atoms with van der Waals surface area (Å²) in [5.41, 5.74) is 16.8. The van der Waals surface area contributed by atoms with Crippen LogP contribution in [0.25, 0.3) is 5.65 Å². The van der Waals surface area contributed by atoms with Crippen LogP contribution >= 0.6 is 46.0 Å². The van der Waals surface area contributed by atoms with Crippen molar-refractivity contribution in [2.24, 2.45) is 21.6 Å². The maximum atomic E-state index is 13.1. The van der Waals surface area contributed by atoms with Gasteiger partial charge in [0.2, 0.25) is 0 Å². The smallest absolute Gasteiger partial charge is 0.307 e. The first-order chi connectivity index (χ1) is 21.0. The molecule has 6 heterocycles. The number of anilines is 1. The van der Waals surface area contributed by atoms with E-state index in [1.54, 1.807) is 16.3 Å². The number of guanidine groups is 1. The highest BCUT2D eigenvalue weighted by Gasteiger charge is 2.53. The molecule has 0 radical (unpaired) electrons. The molecule has 2 aliphatic heterocycles. The second-order valence-corrected chi connectivity index (χ2v) is 13.1. The van der Waals surface area contributed by atoms with Gasteiger partial charge < -0.3 is 37.6 Å². The highest BCUT2D eigenvalue weighted by Crippen LogP contribution is 2.40. The summed E-state index contributed by atoms with van der Waals surface area (Å²) in [5, 5.41) is 29.0. The Kier molecular flexibility index (Phi) is 7.65. The zero-order valence-electron chi connectivity index (χ0n) is 22.2. The van der Waals surface area contributed by atoms with Crippen molar-refractivity contribution in [3.05, 3.63) is 56.3 Å². The number of rotatable bonds is 9. The van der Waals surface area contributed by atoms with Gasteiger partial charge in [-0.2, -0.15) is 4.99 Å². The summed E-state index contributed by atoms with van der Waals surface area (Å²) < 4.78 is 5.62. The van der Waals surface area contributed by atoms with Gasteiger partial charge in [0, 0.05) is 11.1 Å². The number of thiazole rings is 2. The normalized spacial score (nSPS) is 18.3. The number of carbonyl (C=O) groups is 3. The van der Waals surface area contributed by atoms with Crippen LogP contribution in [0.3, 0.4) is 0 Å². The summed E-state index contributed by atoms with van der Waals surface area (Å²) in [6.07, 6.45) is 5.47. The van der Waals surface area contributed by atoms with Gasteiger partial charge in [-0.25, -0.2) is 19.2 Å². The van der Waals surface area contributed by atoms with E-state index in [0.29, 0.717) is 17.9 Å². The number of aliphatic carboxylic acids is 1. The van der Waals surface area contributed by atoms with E-state index in [4.69, 9.17) is 28.8 Å². The highest BCUT2D eigenvalue weighted by molar-refractivity contribution is 8.00. The van der Waals surface area contributed by atoms with Crippen molar-refractivity contribution >= 4 is 92.1 Å². The predicted octanol–water partition coefficient (Wildman–Crippen LogP) is -1.59. The van der Waals surface area contributed by atoms with Crippen molar-refractivity contribution in [1.82, 2.24) is 29.4 Å². The molecule has 228 valence electrons. The fourth-order valence-corrected chi connectivity index (χ4v) is 7.84. The first kappa shape index (κ1) is 29.4. The number of oxime groups is 1. The minimum Gasteiger partial charge on any atom is -0.543 e. The van der Waals surface area contributed by atoms with Crippen LogP contribution in [0.5, 0.6) is 0 Å². The van der Waals surface area contributed by atoms with Crippen LogP contribution < -0.4 is 32.2 Å². The molecule has 1 saturated heterocycles. The molecule has 0 spiro atoms. The Bertz CT molecular complexity index is 1920. The summed E-state index contributed by atoms with van der Waals surface area (Å²) in [6, 6.07) is 0.778. The van der Waals surface area contributed by atoms with Gasteiger partial charge in [-0.3, -0.25) is 14.5 Å². The average Bonchev–Trinajstić information content (AvgIpc) is 3.75. The number of aliphatic imine (C=N–C) groups is 1. The Hall–Kier alpha value is -4.66. The van der Waals surface area contributed by atoms with Crippen molar-refractivity contribution in [2.45, 2.75) is 24.5 Å². The van der Waals surface area contributed by atoms with Crippen LogP contribution in [0.2, 0.25) is 4.34 Å². The van der Waals surface area contributed by atoms with Gasteiger partial charge in [0.05, 0.1) is 30.5 Å². The molecule has 21 heteroatoms. The molecule has 0 bridgehead atoms. The number of hydrogen-bond donors (Lipinski definition) is 5. The third-order valence-electron chi connectivity index (χ3n) is 6.70. The number of β-lactam (4-membered cyclic amide) rings is 1. The molecule has 0 aliphatic carbocycles. The Balaban J connectivity index is 1.19. The van der Waals surface area contributed by atoms with E-state index in [1.807, 2.05) is 27.5 Å². The van der Waals surface area contributed by atoms with Crippen LogP contribution in [0, 0.1) is 0 Å². The maximum Gasteiger partial charge on any atom is 0.307 e. The Labute approximate surface area is 263 Å². The number of amides is 2. The topological polar surface area (TPSA) is 252 Å². The Morgan fingerprint density at radius 3 is 2.77 bits per heavy atom. The molecule has 0 unspecified atom stereocenters. The fraction of sp³-hybridized carbons (Fsp3) is 0.217. The van der Waals surface area contributed by atoms with E-state index in [0.717, 1.165) is 26.9 Å². The lowest BCUT2D eigenvalue weighted by molar-refractivity contribution is -0.661. The number of carbonyl (C=O) groups excluding carboxylic acids is 3. The van der Waals surface area contributed by atoms with Gasteiger partial charge in [0.25, 0.3) is 11.8 Å². The molecule has 6 rings (SSSR count). The van der Waals surface area contributed by atoms with Crippen molar-refractivity contribution in [3.63, 3.8) is 0 Å². The number of imidazole rings is 1. The zero-order valence-corrected chi connectivity index (χ0v) is 25.4. The number of nitrogen functional groups attached to an aromatic ring is 1. The largest absolute Gasteiger partial charge is 0.543 e. The van der Waals surface area contributed by atoms with Gasteiger partial charge in [-0.15, -0.1) is 27.6 Å². The van der Waals surface area contributed by atoms with E-state index in [-0.39, 0.29) is 39.1 Å². The molecule has 1 fully saturated rings. The summed E-state index contributed by atoms with van der Waals surface area (Å²) in [5.74, 6) is -2.52. The molecule has 4 aromatic rings. The third kappa shape index (κ3) is 5.20. The second-order valence-electron chi connectivity index (χ2n) is 9.40. The van der Waals surface area contributed by atoms with Crippen LogP contribution in [-0.2, 0) is 27.5 Å². The average molecular weight is 677 g/mol. The lowest BCUT2D eigenvalue weighted by atomic mass is 10.0. The fourth-order valence-electron chi connectivity index (χ4n) is 4.87. The van der Waals surface area contributed by atoms with E-state index >= 15 is 0 Å². The number of nitrogens with one attached hydrogen (secondary N) is 1. The summed E-state index contributed by atoms with van der Waals surface area (Å²) in [4.78, 5) is 51.6. The zero-order chi connectivity index (χ0) is 31.3. The number of carboxylic acids is 1. The van der Waals surface area contributed by atoms with E-state index < -0.39 is 34.9 Å². The number of halogens is 1. The lowest BCUT2D eigenvalue weighted by Crippen LogP contribution is -2.71. The minimum absolute atomic E-state index is 0.0263. The van der Waals surface area contributed by atoms with Crippen LogP contribution in [0.4, 0.5) is 10.9 Å². The number of thioether (sulfide) groups is 1. The maximum absolute atomic E-state index is 13.1. The summed E-state index contributed by atoms with van der Waals surface area (Å²) in [7, 11) is 0. The number of aromatic nitrogens is 5. The number of hydrogen-bond acceptors (Lipinski definition) is 13. The molecule has 2 atom stereocenters. The molecular weight excluding hydrogens is 656 g/mol. The number of fused-ring (bicyclic) bond motifs is 2. The summed E-state index contributed by atoms with van der Waals surface area (Å²) in [6.45, 7) is 0.606. The van der Waals surface area contributed by atoms with Gasteiger partial charge >= 0.3 is 5.65 Å². The van der Waals surface area contributed by atoms with Crippen molar-refractivity contribution < 1.29 is 29.3 Å². The molecule has 8 N–H and O–H groups in total. The summed E-state index contributed by atoms with van der Waals surface area (Å²) >= 11 is 9.59. The number of carboxylic acid groups (broad SMARTS) is 1. The number of nitrogens with zero attached hydrogens (tertiary/aromatic N) is 8. The van der Waals surface area contributed by atoms with Gasteiger partial charge in [0.1, 0.15) is 39.2 Å². The van der Waals surface area contributed by atoms with E-state index in [1.165, 1.54) is 23.1 Å². The first-order valence-corrected chi connectivity index (χ1v) is 15.6. The lowest BCUT2D eigenvalue weighted by Gasteiger charge is -2.50. The molecule has 0 saturated carbocycles. The van der Waals surface area contributed by atoms with Gasteiger partial charge in [0.15, 0.2) is 28.8 Å². The van der Waals surface area contributed by atoms with E-state index in [2.05, 4.69) is 25.4 Å². The molecule has 17 nitrogen and oxygen atoms in total. The first-order valence-electron chi connectivity index (χ1n) is 12.5. The van der Waals surface area contributed by atoms with Crippen molar-refractivity contribution in [2.75, 3.05) is 11.5 Å². The van der Waals surface area contributed by atoms with Gasteiger partial charge in [-0.1, -0.05) is 28.1 Å². The molecule has 2 aliphatic rings. The second kappa shape index (κ2) is 11.4. The third-order valence-corrected chi connectivity index (χ3v) is 9.94. The Morgan fingerprint density at radius 2 is 2.09 bits per heavy atom. The van der Waals surface area contributed by atoms with E-state index in [9.17, 15) is 24.7 Å². The predicted molar refractivity (Wildman–Crippen MR) is 159 cm³/mol. The molecule has 2 amide bonds. The Morgan fingerprint density at radius 1 is 1.30 bits per heavy atom. The van der Waals surface area contributed by atoms with Crippen molar-refractivity contribution in [3.8, 4) is 0 Å². The SMILES string of the molecule is NC(N)=Nc1csc(C[n+]2ccn3c2ccn3CC2=C(C(=O)[O-])N3C(=O)[C@@H](NC(=O)/C(=N\O)c4nc(N)sc4Cl)[C@H]3SC2)n1. The quantitative estimate of drug-likeness (QED) is 0.0337. The van der Waals surface area contributed by atoms with Crippen molar-refractivity contribution in [1.29, 1.82) is 0 Å². The monoisotopic (exact) mass is 676 g/mol. The number of nitrogens with two attached hydrogens (primary N) is 3. The molecular formula is C23H21ClN12O5S3. The molecule has 0 aromatic carbocycles. The molecule has 4 aromatic heterocycles.